The first-order valence-corrected chi connectivity index (χ1v) is 9.15. The molecule has 4 heterocycles. The summed E-state index contributed by atoms with van der Waals surface area (Å²) in [5.41, 5.74) is 1.45. The summed E-state index contributed by atoms with van der Waals surface area (Å²) in [4.78, 5) is 11.2. The minimum absolute atomic E-state index is 0.0858. The van der Waals surface area contributed by atoms with Gasteiger partial charge >= 0.3 is 0 Å². The van der Waals surface area contributed by atoms with Crippen LogP contribution < -0.4 is 5.32 Å². The predicted octanol–water partition coefficient (Wildman–Crippen LogP) is 2.58. The van der Waals surface area contributed by atoms with E-state index in [0.717, 1.165) is 50.4 Å². The van der Waals surface area contributed by atoms with Gasteiger partial charge in [-0.25, -0.2) is 4.98 Å². The Morgan fingerprint density at radius 3 is 3.12 bits per heavy atom. The third-order valence-corrected chi connectivity index (χ3v) is 5.16. The Bertz CT molecular complexity index is 790. The van der Waals surface area contributed by atoms with E-state index in [-0.39, 0.29) is 11.6 Å². The molecule has 2 fully saturated rings. The van der Waals surface area contributed by atoms with Gasteiger partial charge in [-0.15, -0.1) is 0 Å². The van der Waals surface area contributed by atoms with Gasteiger partial charge in [0.2, 0.25) is 0 Å². The lowest BCUT2D eigenvalue weighted by Gasteiger charge is -2.39. The number of pyridine rings is 2. The Kier molecular flexibility index (Phi) is 4.83. The van der Waals surface area contributed by atoms with E-state index >= 15 is 0 Å². The highest BCUT2D eigenvalue weighted by Crippen LogP contribution is 2.36. The largest absolute Gasteiger partial charge is 0.371 e. The van der Waals surface area contributed by atoms with Gasteiger partial charge in [0.25, 0.3) is 0 Å². The fourth-order valence-electron chi connectivity index (χ4n) is 4.05. The third kappa shape index (κ3) is 3.85. The van der Waals surface area contributed by atoms with Crippen LogP contribution in [0.3, 0.4) is 0 Å². The zero-order valence-electron chi connectivity index (χ0n) is 14.8. The first-order chi connectivity index (χ1) is 12.7. The van der Waals surface area contributed by atoms with Crippen LogP contribution in [0.2, 0.25) is 0 Å². The van der Waals surface area contributed by atoms with E-state index in [1.165, 1.54) is 0 Å². The summed E-state index contributed by atoms with van der Waals surface area (Å²) in [5.74, 6) is 0.746. The van der Waals surface area contributed by atoms with E-state index in [9.17, 15) is 0 Å². The molecule has 134 valence electrons. The summed E-state index contributed by atoms with van der Waals surface area (Å²) in [5, 5.41) is 12.4. The normalized spacial score (nSPS) is 25.9. The minimum atomic E-state index is -0.0858. The van der Waals surface area contributed by atoms with Gasteiger partial charge in [0.05, 0.1) is 23.9 Å². The number of anilines is 1. The molecule has 2 saturated heterocycles. The van der Waals surface area contributed by atoms with E-state index in [1.54, 1.807) is 6.07 Å². The van der Waals surface area contributed by atoms with Crippen molar-refractivity contribution in [3.8, 4) is 6.07 Å². The first-order valence-electron chi connectivity index (χ1n) is 9.15. The number of nitrogens with zero attached hydrogens (tertiary/aromatic N) is 4. The highest BCUT2D eigenvalue weighted by molar-refractivity contribution is 5.39. The zero-order chi connectivity index (χ0) is 17.8. The summed E-state index contributed by atoms with van der Waals surface area (Å²) in [6.07, 6.45) is 5.05. The highest BCUT2D eigenvalue weighted by atomic mass is 16.5. The maximum atomic E-state index is 9.00. The second kappa shape index (κ2) is 7.40. The molecule has 0 bridgehead atoms. The van der Waals surface area contributed by atoms with Gasteiger partial charge in [-0.05, 0) is 43.7 Å². The Balaban J connectivity index is 1.37. The summed E-state index contributed by atoms with van der Waals surface area (Å²) < 4.78 is 6.27. The second-order valence-corrected chi connectivity index (χ2v) is 7.19. The smallest absolute Gasteiger partial charge is 0.142 e. The molecule has 0 saturated carbocycles. The van der Waals surface area contributed by atoms with E-state index in [1.807, 2.05) is 30.5 Å². The van der Waals surface area contributed by atoms with Crippen LogP contribution in [0.25, 0.3) is 0 Å². The van der Waals surface area contributed by atoms with Crippen molar-refractivity contribution in [3.63, 3.8) is 0 Å². The number of ether oxygens (including phenoxy) is 1. The summed E-state index contributed by atoms with van der Waals surface area (Å²) in [6.45, 7) is 3.57. The quantitative estimate of drug-likeness (QED) is 0.914. The average Bonchev–Trinajstić information content (AvgIpc) is 3.04. The van der Waals surface area contributed by atoms with E-state index in [4.69, 9.17) is 10.00 Å². The molecule has 0 aromatic carbocycles. The average molecular weight is 349 g/mol. The predicted molar refractivity (Wildman–Crippen MR) is 98.4 cm³/mol. The molecule has 0 radical (unpaired) electrons. The van der Waals surface area contributed by atoms with Crippen molar-refractivity contribution in [2.75, 3.05) is 25.0 Å². The van der Waals surface area contributed by atoms with Crippen molar-refractivity contribution in [2.45, 2.75) is 37.5 Å². The molecule has 2 atom stereocenters. The Morgan fingerprint density at radius 1 is 1.31 bits per heavy atom. The lowest BCUT2D eigenvalue weighted by atomic mass is 9.88. The third-order valence-electron chi connectivity index (χ3n) is 5.16. The monoisotopic (exact) mass is 349 g/mol. The number of nitriles is 1. The zero-order valence-corrected chi connectivity index (χ0v) is 14.8. The molecule has 2 aliphatic rings. The Hall–Kier alpha value is -2.49. The summed E-state index contributed by atoms with van der Waals surface area (Å²) >= 11 is 0. The van der Waals surface area contributed by atoms with Crippen LogP contribution in [0.4, 0.5) is 5.82 Å². The lowest BCUT2D eigenvalue weighted by Crippen LogP contribution is -2.47. The first kappa shape index (κ1) is 17.0. The van der Waals surface area contributed by atoms with Gasteiger partial charge in [0, 0.05) is 25.7 Å². The van der Waals surface area contributed by atoms with Crippen LogP contribution in [-0.4, -0.2) is 46.2 Å². The van der Waals surface area contributed by atoms with Crippen molar-refractivity contribution in [1.29, 1.82) is 5.26 Å². The van der Waals surface area contributed by atoms with Crippen molar-refractivity contribution in [2.24, 2.45) is 0 Å². The van der Waals surface area contributed by atoms with Gasteiger partial charge in [-0.2, -0.15) is 5.26 Å². The molecular weight excluding hydrogens is 326 g/mol. The molecule has 4 rings (SSSR count). The summed E-state index contributed by atoms with van der Waals surface area (Å²) in [6, 6.07) is 13.9. The van der Waals surface area contributed by atoms with Gasteiger partial charge in [0.15, 0.2) is 0 Å². The molecule has 26 heavy (non-hydrogen) atoms. The van der Waals surface area contributed by atoms with Gasteiger partial charge in [-0.3, -0.25) is 9.88 Å². The molecule has 1 N–H and O–H groups in total. The van der Waals surface area contributed by atoms with Crippen LogP contribution in [0, 0.1) is 11.3 Å². The van der Waals surface area contributed by atoms with Crippen LogP contribution in [0.5, 0.6) is 0 Å². The number of nitrogens with one attached hydrogen (secondary N) is 1. The van der Waals surface area contributed by atoms with Gasteiger partial charge in [0.1, 0.15) is 17.6 Å². The number of rotatable bonds is 4. The Morgan fingerprint density at radius 2 is 2.27 bits per heavy atom. The molecule has 2 aliphatic heterocycles. The fourth-order valence-corrected chi connectivity index (χ4v) is 4.05. The van der Waals surface area contributed by atoms with Crippen molar-refractivity contribution in [1.82, 2.24) is 14.9 Å². The number of piperidine rings is 1. The molecule has 2 aromatic rings. The highest BCUT2D eigenvalue weighted by Gasteiger charge is 2.43. The SMILES string of the molecule is N#Cc1cccc(NC2COC3(CCCN(Cc4ccccn4)C3)C2)n1. The standard InChI is InChI=1S/C20H23N5O/c21-12-16-6-3-7-19(23-16)24-18-11-20(26-14-18)8-4-10-25(15-20)13-17-5-1-2-9-22-17/h1-3,5-7,9,18H,4,8,10-11,13-15H2,(H,23,24). The molecule has 0 aliphatic carbocycles. The van der Waals surface area contributed by atoms with Crippen LogP contribution in [0.15, 0.2) is 42.6 Å². The lowest BCUT2D eigenvalue weighted by molar-refractivity contribution is -0.0535. The second-order valence-electron chi connectivity index (χ2n) is 7.19. The van der Waals surface area contributed by atoms with Crippen LogP contribution in [0.1, 0.15) is 30.7 Å². The van der Waals surface area contributed by atoms with E-state index in [0.29, 0.717) is 12.3 Å². The van der Waals surface area contributed by atoms with Crippen LogP contribution >= 0.6 is 0 Å². The minimum Gasteiger partial charge on any atom is -0.371 e. The van der Waals surface area contributed by atoms with Crippen molar-refractivity contribution >= 4 is 5.82 Å². The number of hydrogen-bond acceptors (Lipinski definition) is 6. The van der Waals surface area contributed by atoms with Crippen molar-refractivity contribution in [3.05, 3.63) is 54.0 Å². The summed E-state index contributed by atoms with van der Waals surface area (Å²) in [7, 11) is 0. The van der Waals surface area contributed by atoms with Gasteiger partial charge < -0.3 is 10.1 Å². The fraction of sp³-hybridized carbons (Fsp3) is 0.450. The molecule has 1 spiro atoms. The molecule has 6 heteroatoms. The molecule has 2 unspecified atom stereocenters. The topological polar surface area (TPSA) is 74.1 Å². The van der Waals surface area contributed by atoms with E-state index in [2.05, 4.69) is 32.3 Å². The number of aromatic nitrogens is 2. The molecular formula is C20H23N5O. The van der Waals surface area contributed by atoms with E-state index < -0.39 is 0 Å². The van der Waals surface area contributed by atoms with Crippen LogP contribution in [-0.2, 0) is 11.3 Å². The Labute approximate surface area is 153 Å². The maximum absolute atomic E-state index is 9.00. The molecule has 0 amide bonds. The maximum Gasteiger partial charge on any atom is 0.142 e. The van der Waals surface area contributed by atoms with Crippen molar-refractivity contribution < 1.29 is 4.74 Å². The van der Waals surface area contributed by atoms with Gasteiger partial charge in [-0.1, -0.05) is 12.1 Å². The number of hydrogen-bond donors (Lipinski definition) is 1. The molecule has 6 nitrogen and oxygen atoms in total. The molecule has 2 aromatic heterocycles. The number of likely N-dealkylation sites (tertiary alicyclic amines) is 1.